The fourth-order valence-electron chi connectivity index (χ4n) is 5.94. The van der Waals surface area contributed by atoms with Crippen molar-refractivity contribution >= 4 is 31.9 Å². The van der Waals surface area contributed by atoms with Crippen LogP contribution in [0.2, 0.25) is 0 Å². The highest BCUT2D eigenvalue weighted by molar-refractivity contribution is 9.11. The summed E-state index contributed by atoms with van der Waals surface area (Å²) in [5, 5.41) is 87.9. The molecule has 4 atom stereocenters. The molecule has 8 nitrogen and oxygen atoms in total. The molecule has 10 heteroatoms. The summed E-state index contributed by atoms with van der Waals surface area (Å²) in [6.07, 6.45) is 0. The van der Waals surface area contributed by atoms with Crippen LogP contribution in [-0.4, -0.2) is 40.9 Å². The zero-order chi connectivity index (χ0) is 30.9. The van der Waals surface area contributed by atoms with Gasteiger partial charge in [-0.15, -0.1) is 0 Å². The Hall–Kier alpha value is -3.76. The molecule has 4 aromatic rings. The highest BCUT2D eigenvalue weighted by Crippen LogP contribution is 2.52. The molecule has 5 rings (SSSR count). The first-order valence-electron chi connectivity index (χ1n) is 13.2. The van der Waals surface area contributed by atoms with Crippen LogP contribution in [0.25, 0.3) is 0 Å². The van der Waals surface area contributed by atoms with Crippen LogP contribution in [0.5, 0.6) is 46.0 Å². The second kappa shape index (κ2) is 10.5. The lowest BCUT2D eigenvalue weighted by atomic mass is 9.81. The third-order valence-corrected chi connectivity index (χ3v) is 10.1. The van der Waals surface area contributed by atoms with Gasteiger partial charge >= 0.3 is 0 Å². The summed E-state index contributed by atoms with van der Waals surface area (Å²) in [6.45, 7) is 7.00. The molecule has 0 amide bonds. The molecule has 8 bridgehead atoms. The Morgan fingerprint density at radius 2 is 0.548 bits per heavy atom. The molecule has 0 radical (unpaired) electrons. The first kappa shape index (κ1) is 29.7. The van der Waals surface area contributed by atoms with Gasteiger partial charge in [0.15, 0.2) is 0 Å². The molecule has 1 aliphatic carbocycles. The summed E-state index contributed by atoms with van der Waals surface area (Å²) in [5.74, 6) is -4.44. The van der Waals surface area contributed by atoms with E-state index in [2.05, 4.69) is 31.9 Å². The fraction of sp³-hybridized carbons (Fsp3) is 0.250. The number of phenols is 8. The summed E-state index contributed by atoms with van der Waals surface area (Å²) >= 11 is 6.57. The monoisotopic (exact) mass is 700 g/mol. The molecule has 4 aromatic carbocycles. The highest BCUT2D eigenvalue weighted by Gasteiger charge is 2.31. The highest BCUT2D eigenvalue weighted by atomic mass is 79.9. The standard InChI is InChI=1S/C32H30Br2O8/c1-11-15-5-16(24(36)9-23(15)35)12(2)21-8-22(32(42)28(34)31(21)41)14(4)18-6-17(25(37)10-26(18)38)13(3)20-7-19(11)29(39)27(33)30(20)40/h5-14,35-42H,1-4H3. The first-order valence-corrected chi connectivity index (χ1v) is 14.8. The van der Waals surface area contributed by atoms with Gasteiger partial charge in [0.2, 0.25) is 0 Å². The summed E-state index contributed by atoms with van der Waals surface area (Å²) < 4.78 is 0.0615. The Kier molecular flexibility index (Phi) is 7.43. The maximum Gasteiger partial charge on any atom is 0.137 e. The molecule has 0 saturated carbocycles. The van der Waals surface area contributed by atoms with Crippen LogP contribution in [0, 0.1) is 0 Å². The van der Waals surface area contributed by atoms with Crippen molar-refractivity contribution in [3.05, 3.63) is 89.9 Å². The molecular weight excluding hydrogens is 672 g/mol. The van der Waals surface area contributed by atoms with Crippen molar-refractivity contribution in [1.82, 2.24) is 0 Å². The summed E-state index contributed by atoms with van der Waals surface area (Å²) in [4.78, 5) is 0. The fourth-order valence-corrected chi connectivity index (χ4v) is 6.86. The number of benzene rings is 4. The second-order valence-corrected chi connectivity index (χ2v) is 12.5. The predicted molar refractivity (Wildman–Crippen MR) is 165 cm³/mol. The van der Waals surface area contributed by atoms with Gasteiger partial charge < -0.3 is 40.9 Å². The first-order chi connectivity index (χ1) is 19.6. The minimum Gasteiger partial charge on any atom is -0.508 e. The molecule has 0 spiro atoms. The molecule has 42 heavy (non-hydrogen) atoms. The van der Waals surface area contributed by atoms with Gasteiger partial charge in [-0.2, -0.15) is 0 Å². The van der Waals surface area contributed by atoms with Gasteiger partial charge in [-0.25, -0.2) is 0 Å². The van der Waals surface area contributed by atoms with E-state index >= 15 is 0 Å². The minimum absolute atomic E-state index is 0.0308. The van der Waals surface area contributed by atoms with Crippen LogP contribution in [-0.2, 0) is 0 Å². The number of hydrogen-bond donors (Lipinski definition) is 8. The maximum atomic E-state index is 11.1. The Balaban J connectivity index is 1.92. The minimum atomic E-state index is -0.646. The number of aromatic hydroxyl groups is 8. The average molecular weight is 702 g/mol. The van der Waals surface area contributed by atoms with Crippen molar-refractivity contribution in [2.45, 2.75) is 51.4 Å². The molecule has 0 saturated heterocycles. The van der Waals surface area contributed by atoms with Crippen LogP contribution in [0.3, 0.4) is 0 Å². The summed E-state index contributed by atoms with van der Waals surface area (Å²) in [7, 11) is 0. The predicted octanol–water partition coefficient (Wildman–Crippen LogP) is 7.78. The molecular formula is C32H30Br2O8. The van der Waals surface area contributed by atoms with Gasteiger partial charge in [-0.05, 0) is 56.1 Å². The van der Waals surface area contributed by atoms with Gasteiger partial charge in [-0.1, -0.05) is 27.7 Å². The van der Waals surface area contributed by atoms with Crippen LogP contribution in [0.4, 0.5) is 0 Å². The zero-order valence-corrected chi connectivity index (χ0v) is 26.3. The third-order valence-electron chi connectivity index (χ3n) is 8.63. The normalized spacial score (nSPS) is 20.0. The van der Waals surface area contributed by atoms with Crippen LogP contribution in [0.15, 0.2) is 45.3 Å². The number of phenolic OH excluding ortho intramolecular Hbond substituents is 8. The number of halogens is 2. The molecule has 0 heterocycles. The molecule has 0 fully saturated rings. The quantitative estimate of drug-likeness (QED) is 0.0922. The van der Waals surface area contributed by atoms with Crippen molar-refractivity contribution in [3.63, 3.8) is 0 Å². The maximum absolute atomic E-state index is 11.1. The molecule has 8 N–H and O–H groups in total. The van der Waals surface area contributed by atoms with Gasteiger partial charge in [0.05, 0.1) is 0 Å². The van der Waals surface area contributed by atoms with E-state index in [0.29, 0.717) is 44.5 Å². The molecule has 0 aromatic heterocycles. The third kappa shape index (κ3) is 4.48. The molecule has 4 unspecified atom stereocenters. The van der Waals surface area contributed by atoms with E-state index in [1.807, 2.05) is 0 Å². The van der Waals surface area contributed by atoms with E-state index in [1.54, 1.807) is 52.0 Å². The average Bonchev–Trinajstić information content (AvgIpc) is 2.93. The SMILES string of the molecule is CC1c2cc(c(O)cc2O)C(C)c2cc(c(O)c(Br)c2O)C(C)c2cc(c(O)cc2O)C(C)c2cc1c(O)c(Br)c2O. The van der Waals surface area contributed by atoms with Gasteiger partial charge in [0.1, 0.15) is 54.9 Å². The molecule has 220 valence electrons. The molecule has 1 aliphatic rings. The smallest absolute Gasteiger partial charge is 0.137 e. The zero-order valence-electron chi connectivity index (χ0n) is 23.1. The lowest BCUT2D eigenvalue weighted by Gasteiger charge is -2.26. The second-order valence-electron chi connectivity index (χ2n) is 11.0. The number of rotatable bonds is 0. The van der Waals surface area contributed by atoms with Gasteiger partial charge in [0, 0.05) is 80.3 Å². The molecule has 0 aliphatic heterocycles. The van der Waals surface area contributed by atoms with E-state index in [4.69, 9.17) is 0 Å². The van der Waals surface area contributed by atoms with Crippen LogP contribution < -0.4 is 0 Å². The van der Waals surface area contributed by atoms with Gasteiger partial charge in [-0.3, -0.25) is 0 Å². The lowest BCUT2D eigenvalue weighted by Crippen LogP contribution is -2.08. The summed E-state index contributed by atoms with van der Waals surface area (Å²) in [6, 6.07) is 8.79. The van der Waals surface area contributed by atoms with Crippen molar-refractivity contribution in [3.8, 4) is 46.0 Å². The largest absolute Gasteiger partial charge is 0.508 e. The van der Waals surface area contributed by atoms with Gasteiger partial charge in [0.25, 0.3) is 0 Å². The Morgan fingerprint density at radius 1 is 0.357 bits per heavy atom. The number of hydrogen-bond acceptors (Lipinski definition) is 8. The summed E-state index contributed by atoms with van der Waals surface area (Å²) in [5.41, 5.74) is 2.91. The van der Waals surface area contributed by atoms with E-state index < -0.39 is 23.7 Å². The van der Waals surface area contributed by atoms with Crippen molar-refractivity contribution in [2.75, 3.05) is 0 Å². The van der Waals surface area contributed by atoms with Crippen molar-refractivity contribution in [2.24, 2.45) is 0 Å². The topological polar surface area (TPSA) is 162 Å². The van der Waals surface area contributed by atoms with E-state index in [9.17, 15) is 40.9 Å². The number of fused-ring (bicyclic) bond motifs is 8. The van der Waals surface area contributed by atoms with E-state index in [1.165, 1.54) is 12.1 Å². The van der Waals surface area contributed by atoms with E-state index in [0.717, 1.165) is 0 Å². The van der Waals surface area contributed by atoms with Crippen LogP contribution >= 0.6 is 31.9 Å². The van der Waals surface area contributed by atoms with Crippen LogP contribution in [0.1, 0.15) is 95.9 Å². The van der Waals surface area contributed by atoms with Crippen molar-refractivity contribution in [1.29, 1.82) is 0 Å². The lowest BCUT2D eigenvalue weighted by molar-refractivity contribution is 0.426. The Bertz CT molecular complexity index is 1530. The Labute approximate surface area is 259 Å². The Morgan fingerprint density at radius 3 is 0.762 bits per heavy atom. The van der Waals surface area contributed by atoms with E-state index in [-0.39, 0.29) is 54.9 Å². The van der Waals surface area contributed by atoms with Crippen molar-refractivity contribution < 1.29 is 40.9 Å².